The molecule has 1 aliphatic heterocycles. The highest BCUT2D eigenvalue weighted by atomic mass is 16.5. The Morgan fingerprint density at radius 2 is 2.29 bits per heavy atom. The third kappa shape index (κ3) is 4.91. The Balaban J connectivity index is 2.12. The van der Waals surface area contributed by atoms with E-state index in [1.807, 2.05) is 13.8 Å². The van der Waals surface area contributed by atoms with Crippen LogP contribution in [0.5, 0.6) is 0 Å². The van der Waals surface area contributed by atoms with Gasteiger partial charge in [0.2, 0.25) is 0 Å². The van der Waals surface area contributed by atoms with Gasteiger partial charge < -0.3 is 20.1 Å². The lowest BCUT2D eigenvalue weighted by molar-refractivity contribution is -0.0678. The molecule has 0 radical (unpaired) electrons. The molecule has 1 rings (SSSR count). The van der Waals surface area contributed by atoms with Crippen LogP contribution in [0.25, 0.3) is 0 Å². The number of likely N-dealkylation sites (N-methyl/N-ethyl adjacent to an activating group) is 1. The molecule has 1 atom stereocenters. The molecule has 0 bridgehead atoms. The lowest BCUT2D eigenvalue weighted by Crippen LogP contribution is -2.44. The molecular weight excluding hydrogens is 180 g/mol. The highest BCUT2D eigenvalue weighted by Crippen LogP contribution is 2.05. The normalized spacial score (nSPS) is 25.3. The summed E-state index contributed by atoms with van der Waals surface area (Å²) < 4.78 is 11.1. The van der Waals surface area contributed by atoms with Crippen molar-refractivity contribution in [2.75, 3.05) is 40.0 Å². The zero-order valence-electron chi connectivity index (χ0n) is 9.45. The number of morpholine rings is 1. The highest BCUT2D eigenvalue weighted by Gasteiger charge is 2.19. The van der Waals surface area contributed by atoms with Gasteiger partial charge in [-0.25, -0.2) is 0 Å². The summed E-state index contributed by atoms with van der Waals surface area (Å²) in [4.78, 5) is 2.26. The van der Waals surface area contributed by atoms with Crippen molar-refractivity contribution in [2.45, 2.75) is 25.5 Å². The van der Waals surface area contributed by atoms with Crippen LogP contribution in [-0.4, -0.2) is 56.5 Å². The van der Waals surface area contributed by atoms with Crippen molar-refractivity contribution in [1.82, 2.24) is 4.90 Å². The van der Waals surface area contributed by atoms with Crippen LogP contribution in [0, 0.1) is 0 Å². The molecule has 1 aliphatic rings. The molecule has 1 saturated heterocycles. The summed E-state index contributed by atoms with van der Waals surface area (Å²) in [5, 5.41) is 0. The molecule has 84 valence electrons. The minimum atomic E-state index is -0.249. The van der Waals surface area contributed by atoms with Crippen LogP contribution in [0.1, 0.15) is 13.8 Å². The van der Waals surface area contributed by atoms with E-state index in [4.69, 9.17) is 15.2 Å². The topological polar surface area (TPSA) is 47.7 Å². The lowest BCUT2D eigenvalue weighted by atomic mass is 10.1. The molecule has 1 heterocycles. The summed E-state index contributed by atoms with van der Waals surface area (Å²) in [6.45, 7) is 7.91. The van der Waals surface area contributed by atoms with Gasteiger partial charge >= 0.3 is 0 Å². The van der Waals surface area contributed by atoms with Gasteiger partial charge in [0.05, 0.1) is 25.9 Å². The van der Waals surface area contributed by atoms with E-state index < -0.39 is 0 Å². The SMILES string of the molecule is CN1CCOC(COCC(C)(C)N)C1. The highest BCUT2D eigenvalue weighted by molar-refractivity contribution is 4.72. The van der Waals surface area contributed by atoms with Crippen molar-refractivity contribution < 1.29 is 9.47 Å². The van der Waals surface area contributed by atoms with E-state index in [0.717, 1.165) is 19.7 Å². The fourth-order valence-electron chi connectivity index (χ4n) is 1.42. The first-order valence-electron chi connectivity index (χ1n) is 5.14. The molecule has 0 amide bonds. The maximum Gasteiger partial charge on any atom is 0.0935 e. The number of nitrogens with zero attached hydrogens (tertiary/aromatic N) is 1. The maximum absolute atomic E-state index is 5.80. The van der Waals surface area contributed by atoms with Crippen molar-refractivity contribution >= 4 is 0 Å². The van der Waals surface area contributed by atoms with Crippen molar-refractivity contribution in [2.24, 2.45) is 5.73 Å². The van der Waals surface area contributed by atoms with E-state index in [9.17, 15) is 0 Å². The molecule has 14 heavy (non-hydrogen) atoms. The van der Waals surface area contributed by atoms with Crippen LogP contribution in [0.3, 0.4) is 0 Å². The quantitative estimate of drug-likeness (QED) is 0.701. The van der Waals surface area contributed by atoms with E-state index in [2.05, 4.69) is 11.9 Å². The van der Waals surface area contributed by atoms with Crippen LogP contribution in [0.2, 0.25) is 0 Å². The second-order valence-corrected chi connectivity index (χ2v) is 4.76. The first-order chi connectivity index (χ1) is 6.47. The zero-order valence-corrected chi connectivity index (χ0v) is 9.45. The van der Waals surface area contributed by atoms with Crippen LogP contribution in [0.4, 0.5) is 0 Å². The molecule has 0 aromatic rings. The van der Waals surface area contributed by atoms with E-state index in [1.54, 1.807) is 0 Å². The molecule has 0 spiro atoms. The molecule has 0 aliphatic carbocycles. The number of nitrogens with two attached hydrogens (primary N) is 1. The van der Waals surface area contributed by atoms with Gasteiger partial charge in [-0.2, -0.15) is 0 Å². The monoisotopic (exact) mass is 202 g/mol. The maximum atomic E-state index is 5.80. The molecule has 0 aromatic carbocycles. The Kier molecular flexibility index (Phi) is 4.31. The lowest BCUT2D eigenvalue weighted by Gasteiger charge is -2.30. The van der Waals surface area contributed by atoms with Crippen LogP contribution < -0.4 is 5.73 Å². The average Bonchev–Trinajstić information content (AvgIpc) is 2.01. The van der Waals surface area contributed by atoms with E-state index in [1.165, 1.54) is 0 Å². The second-order valence-electron chi connectivity index (χ2n) is 4.76. The van der Waals surface area contributed by atoms with Crippen molar-refractivity contribution in [3.8, 4) is 0 Å². The van der Waals surface area contributed by atoms with Crippen molar-refractivity contribution in [3.63, 3.8) is 0 Å². The number of ether oxygens (including phenoxy) is 2. The summed E-state index contributed by atoms with van der Waals surface area (Å²) in [6.07, 6.45) is 0.205. The smallest absolute Gasteiger partial charge is 0.0935 e. The Morgan fingerprint density at radius 3 is 2.86 bits per heavy atom. The van der Waals surface area contributed by atoms with E-state index in [-0.39, 0.29) is 11.6 Å². The van der Waals surface area contributed by atoms with E-state index in [0.29, 0.717) is 13.2 Å². The number of hydrogen-bond donors (Lipinski definition) is 1. The zero-order chi connectivity index (χ0) is 10.6. The van der Waals surface area contributed by atoms with Gasteiger partial charge in [-0.1, -0.05) is 0 Å². The minimum Gasteiger partial charge on any atom is -0.377 e. The largest absolute Gasteiger partial charge is 0.377 e. The average molecular weight is 202 g/mol. The fraction of sp³-hybridized carbons (Fsp3) is 1.00. The van der Waals surface area contributed by atoms with Gasteiger partial charge in [-0.05, 0) is 20.9 Å². The van der Waals surface area contributed by atoms with Crippen molar-refractivity contribution in [1.29, 1.82) is 0 Å². The summed E-state index contributed by atoms with van der Waals surface area (Å²) in [6, 6.07) is 0. The summed E-state index contributed by atoms with van der Waals surface area (Å²) in [7, 11) is 2.10. The molecule has 2 N–H and O–H groups in total. The van der Waals surface area contributed by atoms with E-state index >= 15 is 0 Å². The molecular formula is C10H22N2O2. The molecule has 4 nitrogen and oxygen atoms in total. The Bertz CT molecular complexity index is 168. The number of rotatable bonds is 4. The molecule has 1 unspecified atom stereocenters. The fourth-order valence-corrected chi connectivity index (χ4v) is 1.42. The molecule has 0 saturated carbocycles. The molecule has 0 aromatic heterocycles. The second kappa shape index (κ2) is 5.07. The van der Waals surface area contributed by atoms with Crippen LogP contribution in [0.15, 0.2) is 0 Å². The number of hydrogen-bond acceptors (Lipinski definition) is 4. The van der Waals surface area contributed by atoms with Gasteiger partial charge in [0.25, 0.3) is 0 Å². The third-order valence-corrected chi connectivity index (χ3v) is 2.12. The first-order valence-corrected chi connectivity index (χ1v) is 5.14. The van der Waals surface area contributed by atoms with Gasteiger partial charge in [0.1, 0.15) is 0 Å². The van der Waals surface area contributed by atoms with Gasteiger partial charge in [0.15, 0.2) is 0 Å². The summed E-state index contributed by atoms with van der Waals surface area (Å²) in [5.41, 5.74) is 5.55. The summed E-state index contributed by atoms with van der Waals surface area (Å²) >= 11 is 0. The predicted molar refractivity (Wildman–Crippen MR) is 56.3 cm³/mol. The van der Waals surface area contributed by atoms with Crippen LogP contribution >= 0.6 is 0 Å². The Hall–Kier alpha value is -0.160. The minimum absolute atomic E-state index is 0.205. The van der Waals surface area contributed by atoms with Gasteiger partial charge in [-0.15, -0.1) is 0 Å². The summed E-state index contributed by atoms with van der Waals surface area (Å²) in [5.74, 6) is 0. The Labute approximate surface area is 86.3 Å². The van der Waals surface area contributed by atoms with Gasteiger partial charge in [0, 0.05) is 18.6 Å². The predicted octanol–water partition coefficient (Wildman–Crippen LogP) is 0.0709. The standard InChI is InChI=1S/C10H22N2O2/c1-10(2,11)8-13-7-9-6-12(3)4-5-14-9/h9H,4-8,11H2,1-3H3. The molecule has 1 fully saturated rings. The molecule has 4 heteroatoms. The Morgan fingerprint density at radius 1 is 1.57 bits per heavy atom. The van der Waals surface area contributed by atoms with Crippen LogP contribution in [-0.2, 0) is 9.47 Å². The van der Waals surface area contributed by atoms with Gasteiger partial charge in [-0.3, -0.25) is 0 Å². The first kappa shape index (κ1) is 11.9. The van der Waals surface area contributed by atoms with Crippen molar-refractivity contribution in [3.05, 3.63) is 0 Å². The third-order valence-electron chi connectivity index (χ3n) is 2.12.